The number of hydrogen-bond donors (Lipinski definition) is 1. The van der Waals surface area contributed by atoms with Crippen molar-refractivity contribution in [3.8, 4) is 10.6 Å². The first-order valence-corrected chi connectivity index (χ1v) is 12.8. The first-order chi connectivity index (χ1) is 17.7. The van der Waals surface area contributed by atoms with Gasteiger partial charge in [0.05, 0.1) is 22.2 Å². The van der Waals surface area contributed by atoms with E-state index in [2.05, 4.69) is 30.7 Å². The van der Waals surface area contributed by atoms with Crippen LogP contribution in [0.25, 0.3) is 10.6 Å². The number of Topliss-reactive ketones (excluding diaryl/α,β-unsaturated/α-hetero) is 1. The number of ketones is 1. The van der Waals surface area contributed by atoms with Crippen molar-refractivity contribution >= 4 is 28.7 Å². The lowest BCUT2D eigenvalue weighted by atomic mass is 9.87. The number of aromatic nitrogens is 2. The Morgan fingerprint density at radius 2 is 1.70 bits per heavy atom. The van der Waals surface area contributed by atoms with Crippen LogP contribution in [0.5, 0.6) is 0 Å². The van der Waals surface area contributed by atoms with Crippen LogP contribution in [-0.4, -0.2) is 26.8 Å². The van der Waals surface area contributed by atoms with Gasteiger partial charge >= 0.3 is 0 Å². The van der Waals surface area contributed by atoms with Crippen LogP contribution in [0.2, 0.25) is 0 Å². The molecule has 1 aliphatic heterocycles. The van der Waals surface area contributed by atoms with Crippen molar-refractivity contribution in [1.29, 1.82) is 0 Å². The molecule has 7 heteroatoms. The lowest BCUT2D eigenvalue weighted by Gasteiger charge is -2.27. The van der Waals surface area contributed by atoms with Gasteiger partial charge in [0.2, 0.25) is 5.78 Å². The number of carbonyl (C=O) groups is 2. The SMILES string of the molecule is Cc1nc(-c2ccccc2)sc1C(=O)C1=C(O)C(=O)N(c2ccc(C(C)(C)C)cc2)C1c1cccnc1. The standard InChI is InChI=1S/C30H27N3O3S/c1-18-27(37-28(32-18)19-9-6-5-7-10-19)25(34)23-24(20-11-8-16-31-17-20)33(29(36)26(23)35)22-14-12-21(13-15-22)30(2,3)4/h5-17,24,35H,1-4H3. The van der Waals surface area contributed by atoms with Crippen molar-refractivity contribution < 1.29 is 14.7 Å². The molecule has 1 aliphatic rings. The molecule has 0 bridgehead atoms. The Morgan fingerprint density at radius 1 is 1.00 bits per heavy atom. The average Bonchev–Trinajstić information content (AvgIpc) is 3.41. The number of benzene rings is 2. The minimum Gasteiger partial charge on any atom is -0.503 e. The third kappa shape index (κ3) is 4.47. The molecule has 1 N–H and O–H groups in total. The summed E-state index contributed by atoms with van der Waals surface area (Å²) in [5, 5.41) is 11.8. The monoisotopic (exact) mass is 509 g/mol. The maximum Gasteiger partial charge on any atom is 0.294 e. The molecule has 0 saturated heterocycles. The Hall–Kier alpha value is -4.10. The highest BCUT2D eigenvalue weighted by molar-refractivity contribution is 7.17. The van der Waals surface area contributed by atoms with Crippen LogP contribution in [0.1, 0.15) is 53.3 Å². The third-order valence-electron chi connectivity index (χ3n) is 6.49. The van der Waals surface area contributed by atoms with Crippen molar-refractivity contribution in [2.75, 3.05) is 4.90 Å². The summed E-state index contributed by atoms with van der Waals surface area (Å²) in [7, 11) is 0. The number of thiazole rings is 1. The Balaban J connectivity index is 1.60. The average molecular weight is 510 g/mol. The van der Waals surface area contributed by atoms with Gasteiger partial charge in [-0.2, -0.15) is 0 Å². The fourth-order valence-electron chi connectivity index (χ4n) is 4.51. The number of aliphatic hydroxyl groups excluding tert-OH is 1. The summed E-state index contributed by atoms with van der Waals surface area (Å²) in [5.41, 5.74) is 3.77. The minimum absolute atomic E-state index is 0.0317. The Labute approximate surface area is 220 Å². The smallest absolute Gasteiger partial charge is 0.294 e. The van der Waals surface area contributed by atoms with Gasteiger partial charge in [-0.25, -0.2) is 4.98 Å². The van der Waals surface area contributed by atoms with Gasteiger partial charge in [-0.1, -0.05) is 69.3 Å². The summed E-state index contributed by atoms with van der Waals surface area (Å²) in [4.78, 5) is 38.1. The number of rotatable bonds is 5. The van der Waals surface area contributed by atoms with Gasteiger partial charge in [-0.05, 0) is 41.7 Å². The van der Waals surface area contributed by atoms with Crippen LogP contribution in [0.3, 0.4) is 0 Å². The van der Waals surface area contributed by atoms with Crippen LogP contribution >= 0.6 is 11.3 Å². The third-order valence-corrected chi connectivity index (χ3v) is 7.69. The molecule has 1 amide bonds. The molecule has 4 aromatic rings. The number of amides is 1. The molecule has 37 heavy (non-hydrogen) atoms. The minimum atomic E-state index is -0.823. The molecule has 0 radical (unpaired) electrons. The fourth-order valence-corrected chi connectivity index (χ4v) is 5.54. The second-order valence-corrected chi connectivity index (χ2v) is 11.1. The number of aryl methyl sites for hydroxylation is 1. The van der Waals surface area contributed by atoms with Gasteiger partial charge in [-0.3, -0.25) is 19.5 Å². The molecule has 0 fully saturated rings. The highest BCUT2D eigenvalue weighted by Crippen LogP contribution is 2.43. The predicted octanol–water partition coefficient (Wildman–Crippen LogP) is 6.59. The van der Waals surface area contributed by atoms with E-state index in [4.69, 9.17) is 0 Å². The van der Waals surface area contributed by atoms with E-state index in [1.54, 1.807) is 25.4 Å². The molecular weight excluding hydrogens is 482 g/mol. The first kappa shape index (κ1) is 24.6. The van der Waals surface area contributed by atoms with E-state index in [-0.39, 0.29) is 11.0 Å². The largest absolute Gasteiger partial charge is 0.503 e. The quantitative estimate of drug-likeness (QED) is 0.307. The molecular formula is C30H27N3O3S. The zero-order valence-electron chi connectivity index (χ0n) is 21.1. The number of aliphatic hydroxyl groups is 1. The van der Waals surface area contributed by atoms with Crippen molar-refractivity contribution in [1.82, 2.24) is 9.97 Å². The van der Waals surface area contributed by atoms with Crippen LogP contribution in [0, 0.1) is 6.92 Å². The maximum atomic E-state index is 14.0. The molecule has 1 atom stereocenters. The predicted molar refractivity (Wildman–Crippen MR) is 146 cm³/mol. The van der Waals surface area contributed by atoms with E-state index >= 15 is 0 Å². The molecule has 3 heterocycles. The Kier molecular flexibility index (Phi) is 6.25. The second kappa shape index (κ2) is 9.41. The van der Waals surface area contributed by atoms with Crippen molar-refractivity contribution in [3.63, 3.8) is 0 Å². The molecule has 0 saturated carbocycles. The lowest BCUT2D eigenvalue weighted by Crippen LogP contribution is -2.31. The zero-order chi connectivity index (χ0) is 26.3. The van der Waals surface area contributed by atoms with Crippen LogP contribution in [0.15, 0.2) is 90.5 Å². The first-order valence-electron chi connectivity index (χ1n) is 12.0. The van der Waals surface area contributed by atoms with Gasteiger partial charge in [0.1, 0.15) is 5.01 Å². The van der Waals surface area contributed by atoms with E-state index in [0.717, 1.165) is 11.1 Å². The number of pyridine rings is 1. The van der Waals surface area contributed by atoms with Crippen LogP contribution < -0.4 is 4.90 Å². The zero-order valence-corrected chi connectivity index (χ0v) is 21.9. The van der Waals surface area contributed by atoms with E-state index in [0.29, 0.717) is 26.8 Å². The van der Waals surface area contributed by atoms with Crippen molar-refractivity contribution in [2.45, 2.75) is 39.2 Å². The summed E-state index contributed by atoms with van der Waals surface area (Å²) in [5.74, 6) is -1.58. The van der Waals surface area contributed by atoms with E-state index in [1.165, 1.54) is 16.2 Å². The highest BCUT2D eigenvalue weighted by Gasteiger charge is 2.45. The van der Waals surface area contributed by atoms with E-state index in [1.807, 2.05) is 60.7 Å². The summed E-state index contributed by atoms with van der Waals surface area (Å²) >= 11 is 1.26. The normalized spacial score (nSPS) is 15.9. The van der Waals surface area contributed by atoms with Crippen molar-refractivity contribution in [2.24, 2.45) is 0 Å². The topological polar surface area (TPSA) is 83.4 Å². The molecule has 2 aromatic heterocycles. The fraction of sp³-hybridized carbons (Fsp3) is 0.200. The van der Waals surface area contributed by atoms with Gasteiger partial charge < -0.3 is 5.11 Å². The molecule has 6 nitrogen and oxygen atoms in total. The van der Waals surface area contributed by atoms with Crippen LogP contribution in [-0.2, 0) is 10.2 Å². The van der Waals surface area contributed by atoms with Gasteiger partial charge in [-0.15, -0.1) is 11.3 Å². The summed E-state index contributed by atoms with van der Waals surface area (Å²) in [6, 6.07) is 20.0. The number of nitrogens with zero attached hydrogens (tertiary/aromatic N) is 3. The summed E-state index contributed by atoms with van der Waals surface area (Å²) in [6.07, 6.45) is 3.25. The van der Waals surface area contributed by atoms with Gasteiger partial charge in [0, 0.05) is 23.6 Å². The molecule has 186 valence electrons. The molecule has 5 rings (SSSR count). The van der Waals surface area contributed by atoms with E-state index < -0.39 is 23.5 Å². The molecule has 0 aliphatic carbocycles. The number of hydrogen-bond acceptors (Lipinski definition) is 6. The molecule has 1 unspecified atom stereocenters. The lowest BCUT2D eigenvalue weighted by molar-refractivity contribution is -0.117. The van der Waals surface area contributed by atoms with Crippen molar-refractivity contribution in [3.05, 3.63) is 112 Å². The number of anilines is 1. The second-order valence-electron chi connectivity index (χ2n) is 10.1. The molecule has 0 spiro atoms. The van der Waals surface area contributed by atoms with E-state index in [9.17, 15) is 14.7 Å². The summed E-state index contributed by atoms with van der Waals surface area (Å²) in [6.45, 7) is 8.12. The highest BCUT2D eigenvalue weighted by atomic mass is 32.1. The van der Waals surface area contributed by atoms with Gasteiger partial charge in [0.25, 0.3) is 5.91 Å². The Morgan fingerprint density at radius 3 is 2.32 bits per heavy atom. The number of carbonyl (C=O) groups excluding carboxylic acids is 2. The summed E-state index contributed by atoms with van der Waals surface area (Å²) < 4.78 is 0. The van der Waals surface area contributed by atoms with Crippen LogP contribution in [0.4, 0.5) is 5.69 Å². The van der Waals surface area contributed by atoms with Gasteiger partial charge in [0.15, 0.2) is 5.76 Å². The maximum absolute atomic E-state index is 14.0. The molecule has 2 aromatic carbocycles. The Bertz CT molecular complexity index is 1500.